The van der Waals surface area contributed by atoms with Crippen LogP contribution >= 0.6 is 0 Å². The van der Waals surface area contributed by atoms with Crippen molar-refractivity contribution in [2.75, 3.05) is 20.2 Å². The number of hydrogen-bond acceptors (Lipinski definition) is 8. The molecule has 0 aliphatic rings. The van der Waals surface area contributed by atoms with Crippen molar-refractivity contribution in [3.05, 3.63) is 114 Å². The number of nitrogens with one attached hydrogen (secondary N) is 3. The molecule has 7 N–H and O–H groups in total. The van der Waals surface area contributed by atoms with Gasteiger partial charge in [0.25, 0.3) is 0 Å². The van der Waals surface area contributed by atoms with Crippen molar-refractivity contribution in [2.24, 2.45) is 5.73 Å². The maximum Gasteiger partial charge on any atom is 0.244 e. The molecule has 4 aromatic rings. The zero-order chi connectivity index (χ0) is 39.0. The maximum absolute atomic E-state index is 13.5. The van der Waals surface area contributed by atoms with Crippen LogP contribution in [0.3, 0.4) is 0 Å². The van der Waals surface area contributed by atoms with Crippen LogP contribution in [0.4, 0.5) is 4.39 Å². The SMILES string of the molecule is CN(C(=O)CCc1ccc(F)cc1)[C@@H](Cc1ccc(O)cc1)C(=O)N[C@@H](C=O)CCCCNC(=O)[C@H](CO)NC(=O)[C@@H](N)Cc1ccc2ccccc2c1. The summed E-state index contributed by atoms with van der Waals surface area (Å²) in [6, 6.07) is 21.7. The minimum absolute atomic E-state index is 0.0503. The first-order chi connectivity index (χ1) is 26.0. The van der Waals surface area contributed by atoms with E-state index in [0.29, 0.717) is 31.1 Å². The third-order valence-corrected chi connectivity index (χ3v) is 9.22. The van der Waals surface area contributed by atoms with Gasteiger partial charge in [0.2, 0.25) is 23.6 Å². The number of likely N-dealkylation sites (N-methyl/N-ethyl adjacent to an activating group) is 1. The summed E-state index contributed by atoms with van der Waals surface area (Å²) in [5.41, 5.74) is 8.44. The number of fused-ring (bicyclic) bond motifs is 1. The Kier molecular flexibility index (Phi) is 15.6. The first kappa shape index (κ1) is 41.1. The van der Waals surface area contributed by atoms with Gasteiger partial charge in [0.1, 0.15) is 29.9 Å². The van der Waals surface area contributed by atoms with Gasteiger partial charge in [-0.15, -0.1) is 0 Å². The van der Waals surface area contributed by atoms with Gasteiger partial charge >= 0.3 is 0 Å². The van der Waals surface area contributed by atoms with Crippen molar-refractivity contribution < 1.29 is 38.6 Å². The molecule has 12 nitrogen and oxygen atoms in total. The molecule has 13 heteroatoms. The van der Waals surface area contributed by atoms with Gasteiger partial charge in [-0.25, -0.2) is 4.39 Å². The number of benzene rings is 4. The molecule has 0 heterocycles. The summed E-state index contributed by atoms with van der Waals surface area (Å²) in [5.74, 6) is -2.35. The molecule has 0 unspecified atom stereocenters. The molecule has 54 heavy (non-hydrogen) atoms. The van der Waals surface area contributed by atoms with Crippen LogP contribution in [-0.2, 0) is 43.2 Å². The number of aliphatic hydroxyl groups excluding tert-OH is 1. The van der Waals surface area contributed by atoms with E-state index in [1.165, 1.54) is 36.2 Å². The Morgan fingerprint density at radius 3 is 2.17 bits per heavy atom. The first-order valence-corrected chi connectivity index (χ1v) is 17.9. The molecule has 0 saturated carbocycles. The third-order valence-electron chi connectivity index (χ3n) is 9.22. The summed E-state index contributed by atoms with van der Waals surface area (Å²) < 4.78 is 13.3. The summed E-state index contributed by atoms with van der Waals surface area (Å²) in [7, 11) is 1.51. The highest BCUT2D eigenvalue weighted by Crippen LogP contribution is 2.18. The van der Waals surface area contributed by atoms with Crippen molar-refractivity contribution >= 4 is 40.7 Å². The van der Waals surface area contributed by atoms with Gasteiger partial charge in [-0.3, -0.25) is 19.2 Å². The maximum atomic E-state index is 13.5. The number of aryl methyl sites for hydroxylation is 1. The van der Waals surface area contributed by atoms with Crippen LogP contribution in [0.5, 0.6) is 5.75 Å². The number of halogens is 1. The number of rotatable bonds is 20. The highest BCUT2D eigenvalue weighted by molar-refractivity contribution is 5.91. The van der Waals surface area contributed by atoms with Crippen LogP contribution in [0.2, 0.25) is 0 Å². The predicted octanol–water partition coefficient (Wildman–Crippen LogP) is 2.70. The van der Waals surface area contributed by atoms with Crippen molar-refractivity contribution in [3.8, 4) is 5.75 Å². The smallest absolute Gasteiger partial charge is 0.244 e. The van der Waals surface area contributed by atoms with E-state index in [-0.39, 0.29) is 49.7 Å². The summed E-state index contributed by atoms with van der Waals surface area (Å²) in [5, 5.41) is 29.5. The Morgan fingerprint density at radius 2 is 1.48 bits per heavy atom. The second kappa shape index (κ2) is 20.5. The van der Waals surface area contributed by atoms with Crippen molar-refractivity contribution in [2.45, 2.75) is 69.1 Å². The van der Waals surface area contributed by atoms with Crippen LogP contribution in [0.15, 0.2) is 91.0 Å². The van der Waals surface area contributed by atoms with E-state index < -0.39 is 48.5 Å². The van der Waals surface area contributed by atoms with Crippen LogP contribution in [0.25, 0.3) is 10.8 Å². The second-order valence-electron chi connectivity index (χ2n) is 13.3. The largest absolute Gasteiger partial charge is 0.508 e. The topological polar surface area (TPSA) is 191 Å². The van der Waals surface area contributed by atoms with Gasteiger partial charge in [0.15, 0.2) is 0 Å². The lowest BCUT2D eigenvalue weighted by Crippen LogP contribution is -2.53. The fourth-order valence-electron chi connectivity index (χ4n) is 5.98. The zero-order valence-electron chi connectivity index (χ0n) is 30.2. The Hall–Kier alpha value is -5.66. The number of phenolic OH excluding ortho intramolecular Hbond substituents is 1. The summed E-state index contributed by atoms with van der Waals surface area (Å²) >= 11 is 0. The first-order valence-electron chi connectivity index (χ1n) is 17.9. The number of unbranched alkanes of at least 4 members (excludes halogenated alkanes) is 1. The molecular formula is C41H48FN5O7. The number of phenols is 1. The Labute approximate surface area is 313 Å². The van der Waals surface area contributed by atoms with E-state index in [9.17, 15) is 38.6 Å². The van der Waals surface area contributed by atoms with Crippen LogP contribution in [0, 0.1) is 5.82 Å². The highest BCUT2D eigenvalue weighted by atomic mass is 19.1. The van der Waals surface area contributed by atoms with Gasteiger partial charge in [-0.05, 0) is 83.8 Å². The van der Waals surface area contributed by atoms with Gasteiger partial charge in [0, 0.05) is 26.4 Å². The van der Waals surface area contributed by atoms with Crippen molar-refractivity contribution in [1.29, 1.82) is 0 Å². The van der Waals surface area contributed by atoms with E-state index >= 15 is 0 Å². The molecule has 4 aromatic carbocycles. The average Bonchev–Trinajstić information content (AvgIpc) is 3.18. The number of amides is 4. The van der Waals surface area contributed by atoms with Gasteiger partial charge in [0.05, 0.1) is 18.7 Å². The minimum atomic E-state index is -1.21. The standard InChI is InChI=1S/C41H48FN5O7/c1-47(38(51)20-14-27-10-16-32(42)17-11-27)37(24-28-12-18-34(50)19-13-28)41(54)45-33(25-48)8-4-5-21-44-40(53)36(26-49)46-39(52)35(43)23-29-9-15-30-6-2-3-7-31(30)22-29/h2-3,6-7,9-13,15-19,22,25,33,35-37,49-50H,4-5,8,14,20-21,23-24,26,43H2,1H3,(H,44,53)(H,45,54)(H,46,52)/t33-,35+,36+,37+/m1/s1. The lowest BCUT2D eigenvalue weighted by molar-refractivity contribution is -0.139. The predicted molar refractivity (Wildman–Crippen MR) is 203 cm³/mol. The van der Waals surface area contributed by atoms with Crippen LogP contribution in [0.1, 0.15) is 42.4 Å². The molecule has 0 spiro atoms. The Morgan fingerprint density at radius 1 is 0.815 bits per heavy atom. The van der Waals surface area contributed by atoms with Gasteiger partial charge < -0.3 is 41.6 Å². The number of aldehydes is 1. The lowest BCUT2D eigenvalue weighted by atomic mass is 10.0. The molecular weight excluding hydrogens is 693 g/mol. The highest BCUT2D eigenvalue weighted by Gasteiger charge is 2.29. The normalized spacial score (nSPS) is 13.3. The number of aromatic hydroxyl groups is 1. The van der Waals surface area contributed by atoms with E-state index in [4.69, 9.17) is 5.73 Å². The second-order valence-corrected chi connectivity index (χ2v) is 13.3. The fourth-order valence-corrected chi connectivity index (χ4v) is 5.98. The number of carbonyl (C=O) groups excluding carboxylic acids is 5. The summed E-state index contributed by atoms with van der Waals surface area (Å²) in [6.07, 6.45) is 2.51. The number of hydrogen-bond donors (Lipinski definition) is 6. The number of nitrogens with zero attached hydrogens (tertiary/aromatic N) is 1. The van der Waals surface area contributed by atoms with Crippen molar-refractivity contribution in [1.82, 2.24) is 20.9 Å². The van der Waals surface area contributed by atoms with E-state index in [0.717, 1.165) is 21.9 Å². The molecule has 0 fully saturated rings. The lowest BCUT2D eigenvalue weighted by Gasteiger charge is -2.29. The van der Waals surface area contributed by atoms with E-state index in [2.05, 4.69) is 16.0 Å². The molecule has 4 amide bonds. The molecule has 0 radical (unpaired) electrons. The average molecular weight is 742 g/mol. The van der Waals surface area contributed by atoms with E-state index in [1.54, 1.807) is 24.3 Å². The quantitative estimate of drug-likeness (QED) is 0.0589. The van der Waals surface area contributed by atoms with Crippen molar-refractivity contribution in [3.63, 3.8) is 0 Å². The zero-order valence-corrected chi connectivity index (χ0v) is 30.2. The molecule has 4 atom stereocenters. The molecule has 0 aliphatic carbocycles. The van der Waals surface area contributed by atoms with Gasteiger partial charge in [-0.2, -0.15) is 0 Å². The number of aliphatic hydroxyl groups is 1. The fraction of sp³-hybridized carbons (Fsp3) is 0.341. The minimum Gasteiger partial charge on any atom is -0.508 e. The number of nitrogens with two attached hydrogens (primary N) is 1. The molecule has 0 aromatic heterocycles. The molecule has 286 valence electrons. The Balaban J connectivity index is 1.24. The Bertz CT molecular complexity index is 1870. The van der Waals surface area contributed by atoms with Crippen LogP contribution in [-0.4, -0.2) is 89.4 Å². The monoisotopic (exact) mass is 741 g/mol. The summed E-state index contributed by atoms with van der Waals surface area (Å²) in [4.78, 5) is 65.5. The summed E-state index contributed by atoms with van der Waals surface area (Å²) in [6.45, 7) is -0.448. The molecule has 4 rings (SSSR count). The molecule has 0 saturated heterocycles. The van der Waals surface area contributed by atoms with Gasteiger partial charge in [-0.1, -0.05) is 66.7 Å². The molecule has 0 aliphatic heterocycles. The third kappa shape index (κ3) is 12.5. The van der Waals surface area contributed by atoms with E-state index in [1.807, 2.05) is 42.5 Å². The van der Waals surface area contributed by atoms with Crippen LogP contribution < -0.4 is 21.7 Å². The number of carbonyl (C=O) groups is 5. The molecule has 0 bridgehead atoms.